The highest BCUT2D eigenvalue weighted by Crippen LogP contribution is 2.44. The zero-order valence-electron chi connectivity index (χ0n) is 14.1. The van der Waals surface area contributed by atoms with Crippen LogP contribution in [0, 0.1) is 0 Å². The van der Waals surface area contributed by atoms with E-state index in [0.717, 1.165) is 29.7 Å². The minimum atomic E-state index is -0.586. The molecule has 2 nitrogen and oxygen atoms in total. The molecule has 3 aromatic carbocycles. The lowest BCUT2D eigenvalue weighted by atomic mass is 9.75. The highest BCUT2D eigenvalue weighted by Gasteiger charge is 2.45. The first-order chi connectivity index (χ1) is 12.3. The van der Waals surface area contributed by atoms with Gasteiger partial charge in [0.25, 0.3) is 0 Å². The van der Waals surface area contributed by atoms with Crippen LogP contribution in [0.3, 0.4) is 0 Å². The van der Waals surface area contributed by atoms with E-state index in [1.165, 1.54) is 0 Å². The summed E-state index contributed by atoms with van der Waals surface area (Å²) in [4.78, 5) is 14.9. The highest BCUT2D eigenvalue weighted by molar-refractivity contribution is 5.81. The molecule has 1 heterocycles. The summed E-state index contributed by atoms with van der Waals surface area (Å²) in [5.41, 5.74) is 2.80. The van der Waals surface area contributed by atoms with Crippen molar-refractivity contribution in [3.8, 4) is 0 Å². The van der Waals surface area contributed by atoms with Gasteiger partial charge in [0.15, 0.2) is 0 Å². The van der Waals surface area contributed by atoms with Crippen molar-refractivity contribution in [2.45, 2.75) is 18.4 Å². The summed E-state index contributed by atoms with van der Waals surface area (Å²) < 4.78 is 0. The number of carbonyl (C=O) groups excluding carboxylic acids is 1. The average Bonchev–Trinajstić information content (AvgIpc) is 3.12. The second kappa shape index (κ2) is 6.56. The van der Waals surface area contributed by atoms with Crippen molar-refractivity contribution in [3.05, 3.63) is 108 Å². The molecule has 124 valence electrons. The van der Waals surface area contributed by atoms with Gasteiger partial charge in [-0.2, -0.15) is 0 Å². The molecule has 0 aliphatic carbocycles. The Hall–Kier alpha value is -2.87. The smallest absolute Gasteiger partial charge is 0.223 e. The SMILES string of the molecule is O=C1CCCN1C(c1ccccc1)(c1ccccc1)c1ccccc1. The molecule has 0 spiro atoms. The number of carbonyl (C=O) groups is 1. The topological polar surface area (TPSA) is 20.3 Å². The maximum Gasteiger partial charge on any atom is 0.223 e. The van der Waals surface area contributed by atoms with Gasteiger partial charge in [-0.3, -0.25) is 4.79 Å². The van der Waals surface area contributed by atoms with Crippen LogP contribution in [-0.4, -0.2) is 17.4 Å². The zero-order chi connectivity index (χ0) is 17.1. The predicted octanol–water partition coefficient (Wildman–Crippen LogP) is 4.60. The maximum atomic E-state index is 12.9. The van der Waals surface area contributed by atoms with E-state index in [2.05, 4.69) is 77.7 Å². The van der Waals surface area contributed by atoms with Crippen molar-refractivity contribution >= 4 is 5.91 Å². The Labute approximate surface area is 148 Å². The first-order valence-corrected chi connectivity index (χ1v) is 8.80. The van der Waals surface area contributed by atoms with Crippen LogP contribution in [0.25, 0.3) is 0 Å². The third kappa shape index (κ3) is 2.54. The molecule has 1 aliphatic heterocycles. The molecule has 0 radical (unpaired) electrons. The van der Waals surface area contributed by atoms with Crippen LogP contribution >= 0.6 is 0 Å². The third-order valence-electron chi connectivity index (χ3n) is 5.05. The number of likely N-dealkylation sites (tertiary alicyclic amines) is 1. The van der Waals surface area contributed by atoms with Crippen molar-refractivity contribution in [2.24, 2.45) is 0 Å². The second-order valence-corrected chi connectivity index (χ2v) is 6.46. The van der Waals surface area contributed by atoms with Gasteiger partial charge in [-0.1, -0.05) is 91.0 Å². The molecule has 4 rings (SSSR count). The molecule has 1 aliphatic rings. The van der Waals surface area contributed by atoms with Gasteiger partial charge in [0.2, 0.25) is 5.91 Å². The van der Waals surface area contributed by atoms with Gasteiger partial charge in [-0.05, 0) is 23.1 Å². The molecule has 1 amide bonds. The highest BCUT2D eigenvalue weighted by atomic mass is 16.2. The summed E-state index contributed by atoms with van der Waals surface area (Å²) in [6.45, 7) is 0.775. The largest absolute Gasteiger partial charge is 0.325 e. The minimum Gasteiger partial charge on any atom is -0.325 e. The van der Waals surface area contributed by atoms with E-state index in [1.807, 2.05) is 18.2 Å². The summed E-state index contributed by atoms with van der Waals surface area (Å²) in [5, 5.41) is 0. The van der Waals surface area contributed by atoms with Crippen LogP contribution in [0.15, 0.2) is 91.0 Å². The van der Waals surface area contributed by atoms with Gasteiger partial charge >= 0.3 is 0 Å². The minimum absolute atomic E-state index is 0.219. The molecule has 0 atom stereocenters. The first kappa shape index (κ1) is 15.6. The molecule has 25 heavy (non-hydrogen) atoms. The molecule has 0 unspecified atom stereocenters. The van der Waals surface area contributed by atoms with E-state index in [9.17, 15) is 4.79 Å². The molecule has 3 aromatic rings. The molecule has 1 saturated heterocycles. The number of amides is 1. The molecular formula is C23H21NO. The summed E-state index contributed by atoms with van der Waals surface area (Å²) >= 11 is 0. The van der Waals surface area contributed by atoms with Gasteiger partial charge in [0.05, 0.1) is 0 Å². The number of hydrogen-bond donors (Lipinski definition) is 0. The Morgan fingerprint density at radius 2 is 1.04 bits per heavy atom. The van der Waals surface area contributed by atoms with Crippen LogP contribution in [-0.2, 0) is 10.3 Å². The molecule has 0 N–H and O–H groups in total. The van der Waals surface area contributed by atoms with Crippen LogP contribution < -0.4 is 0 Å². The summed E-state index contributed by atoms with van der Waals surface area (Å²) in [6, 6.07) is 31.2. The van der Waals surface area contributed by atoms with Gasteiger partial charge in [-0.15, -0.1) is 0 Å². The number of hydrogen-bond acceptors (Lipinski definition) is 1. The van der Waals surface area contributed by atoms with E-state index in [1.54, 1.807) is 0 Å². The van der Waals surface area contributed by atoms with E-state index in [-0.39, 0.29) is 5.91 Å². The summed E-state index contributed by atoms with van der Waals surface area (Å²) in [5.74, 6) is 0.219. The molecule has 1 fully saturated rings. The molecule has 0 bridgehead atoms. The first-order valence-electron chi connectivity index (χ1n) is 8.80. The van der Waals surface area contributed by atoms with Crippen LogP contribution in [0.4, 0.5) is 0 Å². The Balaban J connectivity index is 2.06. The standard InChI is InChI=1S/C23H21NO/c25-22-17-10-18-24(22)23(19-11-4-1-5-12-19,20-13-6-2-7-14-20)21-15-8-3-9-16-21/h1-9,11-16H,10,17-18H2. The van der Waals surface area contributed by atoms with Gasteiger partial charge in [-0.25, -0.2) is 0 Å². The van der Waals surface area contributed by atoms with E-state index >= 15 is 0 Å². The fraction of sp³-hybridized carbons (Fsp3) is 0.174. The molecular weight excluding hydrogens is 306 g/mol. The van der Waals surface area contributed by atoms with Crippen molar-refractivity contribution in [3.63, 3.8) is 0 Å². The van der Waals surface area contributed by atoms with E-state index in [0.29, 0.717) is 6.42 Å². The second-order valence-electron chi connectivity index (χ2n) is 6.46. The number of rotatable bonds is 4. The third-order valence-corrected chi connectivity index (χ3v) is 5.05. The predicted molar refractivity (Wildman–Crippen MR) is 100 cm³/mol. The van der Waals surface area contributed by atoms with E-state index in [4.69, 9.17) is 0 Å². The molecule has 0 aromatic heterocycles. The lowest BCUT2D eigenvalue weighted by molar-refractivity contribution is -0.131. The number of nitrogens with zero attached hydrogens (tertiary/aromatic N) is 1. The van der Waals surface area contributed by atoms with Gasteiger partial charge in [0.1, 0.15) is 5.54 Å². The Morgan fingerprint density at radius 3 is 1.36 bits per heavy atom. The van der Waals surface area contributed by atoms with Crippen LogP contribution in [0.1, 0.15) is 29.5 Å². The summed E-state index contributed by atoms with van der Waals surface area (Å²) in [7, 11) is 0. The normalized spacial score (nSPS) is 14.7. The fourth-order valence-electron chi connectivity index (χ4n) is 4.01. The quantitative estimate of drug-likeness (QED) is 0.641. The Bertz CT molecular complexity index is 746. The average molecular weight is 327 g/mol. The Morgan fingerprint density at radius 1 is 0.640 bits per heavy atom. The van der Waals surface area contributed by atoms with Crippen molar-refractivity contribution < 1.29 is 4.79 Å². The van der Waals surface area contributed by atoms with E-state index < -0.39 is 5.54 Å². The van der Waals surface area contributed by atoms with Gasteiger partial charge in [0, 0.05) is 13.0 Å². The lowest BCUT2D eigenvalue weighted by Crippen LogP contribution is -2.48. The number of benzene rings is 3. The Kier molecular flexibility index (Phi) is 4.10. The molecule has 0 saturated carbocycles. The fourth-order valence-corrected chi connectivity index (χ4v) is 4.01. The molecule has 2 heteroatoms. The van der Waals surface area contributed by atoms with Crippen molar-refractivity contribution in [2.75, 3.05) is 6.54 Å². The lowest BCUT2D eigenvalue weighted by Gasteiger charge is -2.43. The van der Waals surface area contributed by atoms with Crippen molar-refractivity contribution in [1.29, 1.82) is 0 Å². The van der Waals surface area contributed by atoms with Crippen LogP contribution in [0.2, 0.25) is 0 Å². The van der Waals surface area contributed by atoms with Crippen LogP contribution in [0.5, 0.6) is 0 Å². The summed E-state index contributed by atoms with van der Waals surface area (Å²) in [6.07, 6.45) is 1.53. The zero-order valence-corrected chi connectivity index (χ0v) is 14.1. The van der Waals surface area contributed by atoms with Gasteiger partial charge < -0.3 is 4.90 Å². The monoisotopic (exact) mass is 327 g/mol. The maximum absolute atomic E-state index is 12.9. The van der Waals surface area contributed by atoms with Crippen molar-refractivity contribution in [1.82, 2.24) is 4.90 Å².